The number of fused-ring (bicyclic) bond motifs is 1. The molecule has 1 amide bonds. The van der Waals surface area contributed by atoms with Crippen LogP contribution in [0.2, 0.25) is 0 Å². The summed E-state index contributed by atoms with van der Waals surface area (Å²) in [5, 5.41) is 18.9. The molecule has 1 aliphatic rings. The summed E-state index contributed by atoms with van der Waals surface area (Å²) in [6.45, 7) is 11.2. The van der Waals surface area contributed by atoms with Crippen molar-refractivity contribution in [1.29, 1.82) is 0 Å². The van der Waals surface area contributed by atoms with E-state index in [4.69, 9.17) is 0 Å². The van der Waals surface area contributed by atoms with Crippen LogP contribution in [0.1, 0.15) is 33.6 Å². The van der Waals surface area contributed by atoms with Gasteiger partial charge in [-0.1, -0.05) is 6.58 Å². The number of likely N-dealkylation sites (tertiary alicyclic amines) is 1. The van der Waals surface area contributed by atoms with Crippen molar-refractivity contribution in [2.45, 2.75) is 45.2 Å². The summed E-state index contributed by atoms with van der Waals surface area (Å²) >= 11 is 0. The number of H-pyrrole nitrogens is 1. The third-order valence-corrected chi connectivity index (χ3v) is 5.08. The summed E-state index contributed by atoms with van der Waals surface area (Å²) in [7, 11) is 0. The zero-order valence-electron chi connectivity index (χ0n) is 17.5. The van der Waals surface area contributed by atoms with Crippen LogP contribution in [0.3, 0.4) is 0 Å². The molecule has 10 nitrogen and oxygen atoms in total. The molecular weight excluding hydrogens is 382 g/mol. The molecule has 1 saturated heterocycles. The fraction of sp³-hybridized carbons (Fsp3) is 0.450. The molecule has 3 aromatic rings. The Hall–Kier alpha value is -3.43. The molecule has 0 spiro atoms. The number of nitrogens with zero attached hydrogens (tertiary/aromatic N) is 6. The molecule has 0 aliphatic carbocycles. The predicted octanol–water partition coefficient (Wildman–Crippen LogP) is 2.64. The van der Waals surface area contributed by atoms with E-state index < -0.39 is 0 Å². The Morgan fingerprint density at radius 3 is 2.90 bits per heavy atom. The molecule has 1 aliphatic heterocycles. The van der Waals surface area contributed by atoms with Gasteiger partial charge >= 0.3 is 0 Å². The zero-order chi connectivity index (χ0) is 21.3. The second-order valence-corrected chi connectivity index (χ2v) is 8.47. The Labute approximate surface area is 174 Å². The molecule has 0 bridgehead atoms. The zero-order valence-corrected chi connectivity index (χ0v) is 17.5. The predicted molar refractivity (Wildman–Crippen MR) is 116 cm³/mol. The van der Waals surface area contributed by atoms with Crippen molar-refractivity contribution in [2.75, 3.05) is 23.7 Å². The van der Waals surface area contributed by atoms with Crippen LogP contribution in [0.5, 0.6) is 0 Å². The summed E-state index contributed by atoms with van der Waals surface area (Å²) < 4.78 is 1.89. The van der Waals surface area contributed by atoms with E-state index in [2.05, 4.69) is 63.2 Å². The van der Waals surface area contributed by atoms with E-state index in [1.54, 1.807) is 12.4 Å². The molecule has 4 heterocycles. The molecule has 1 unspecified atom stereocenters. The summed E-state index contributed by atoms with van der Waals surface area (Å²) in [4.78, 5) is 23.0. The second kappa shape index (κ2) is 7.77. The van der Waals surface area contributed by atoms with Crippen LogP contribution in [-0.4, -0.2) is 59.9 Å². The number of carbonyl (C=O) groups excluding carboxylic acids is 1. The Kier molecular flexibility index (Phi) is 5.15. The van der Waals surface area contributed by atoms with Crippen LogP contribution in [0.4, 0.5) is 17.5 Å². The van der Waals surface area contributed by atoms with Gasteiger partial charge in [0.15, 0.2) is 5.65 Å². The highest BCUT2D eigenvalue weighted by atomic mass is 16.2. The van der Waals surface area contributed by atoms with E-state index in [0.29, 0.717) is 24.0 Å². The number of hydrogen-bond acceptors (Lipinski definition) is 7. The van der Waals surface area contributed by atoms with Crippen molar-refractivity contribution in [3.8, 4) is 0 Å². The van der Waals surface area contributed by atoms with Gasteiger partial charge in [0.05, 0.1) is 29.0 Å². The van der Waals surface area contributed by atoms with E-state index in [1.807, 2.05) is 15.8 Å². The fourth-order valence-corrected chi connectivity index (χ4v) is 3.50. The molecule has 4 rings (SSSR count). The van der Waals surface area contributed by atoms with Crippen molar-refractivity contribution in [1.82, 2.24) is 34.8 Å². The standard InChI is InChI=1S/C20H27N9O/c1-5-16(30)28-8-6-7-13(11-28)23-17-15-10-21-27-18(15)26-19(25-17)24-14-9-22-29(12-14)20(2,3)4/h5,9-10,12-13H,1,6-8,11H2,2-4H3,(H3,21,23,24,25,26,27). The Morgan fingerprint density at radius 1 is 1.33 bits per heavy atom. The Balaban J connectivity index is 1.56. The van der Waals surface area contributed by atoms with E-state index in [9.17, 15) is 4.79 Å². The first kappa shape index (κ1) is 19.9. The number of rotatable bonds is 5. The van der Waals surface area contributed by atoms with E-state index in [-0.39, 0.29) is 17.5 Å². The lowest BCUT2D eigenvalue weighted by atomic mass is 10.1. The molecule has 0 saturated carbocycles. The fourth-order valence-electron chi connectivity index (χ4n) is 3.50. The molecule has 3 aromatic heterocycles. The maximum atomic E-state index is 12.0. The first-order valence-corrected chi connectivity index (χ1v) is 10.0. The van der Waals surface area contributed by atoms with Crippen LogP contribution in [0, 0.1) is 0 Å². The summed E-state index contributed by atoms with van der Waals surface area (Å²) in [5.41, 5.74) is 1.32. The van der Waals surface area contributed by atoms with Gasteiger partial charge in [0.2, 0.25) is 11.9 Å². The van der Waals surface area contributed by atoms with Gasteiger partial charge in [-0.3, -0.25) is 14.6 Å². The maximum absolute atomic E-state index is 12.0. The number of piperidine rings is 1. The summed E-state index contributed by atoms with van der Waals surface area (Å²) in [6, 6.07) is 0.0899. The highest BCUT2D eigenvalue weighted by Crippen LogP contribution is 2.25. The first-order chi connectivity index (χ1) is 14.3. The Bertz CT molecular complexity index is 1060. The van der Waals surface area contributed by atoms with Gasteiger partial charge in [0.25, 0.3) is 0 Å². The Morgan fingerprint density at radius 2 is 2.17 bits per heavy atom. The number of aromatic amines is 1. The minimum absolute atomic E-state index is 0.0455. The number of hydrogen-bond donors (Lipinski definition) is 3. The lowest BCUT2D eigenvalue weighted by Crippen LogP contribution is -2.44. The lowest BCUT2D eigenvalue weighted by molar-refractivity contribution is -0.127. The molecule has 1 fully saturated rings. The monoisotopic (exact) mass is 409 g/mol. The molecule has 0 radical (unpaired) electrons. The van der Waals surface area contributed by atoms with Crippen molar-refractivity contribution in [2.24, 2.45) is 0 Å². The summed E-state index contributed by atoms with van der Waals surface area (Å²) in [6.07, 6.45) is 8.61. The van der Waals surface area contributed by atoms with Crippen molar-refractivity contribution in [3.63, 3.8) is 0 Å². The average molecular weight is 409 g/mol. The van der Waals surface area contributed by atoms with Gasteiger partial charge in [0.1, 0.15) is 5.82 Å². The number of anilines is 3. The normalized spacial score (nSPS) is 17.2. The highest BCUT2D eigenvalue weighted by Gasteiger charge is 2.23. The number of nitrogens with one attached hydrogen (secondary N) is 3. The maximum Gasteiger partial charge on any atom is 0.246 e. The van der Waals surface area contributed by atoms with Crippen molar-refractivity contribution >= 4 is 34.4 Å². The second-order valence-electron chi connectivity index (χ2n) is 8.47. The van der Waals surface area contributed by atoms with Crippen LogP contribution in [-0.2, 0) is 10.3 Å². The molecule has 3 N–H and O–H groups in total. The molecule has 10 heteroatoms. The lowest BCUT2D eigenvalue weighted by Gasteiger charge is -2.32. The van der Waals surface area contributed by atoms with Crippen LogP contribution < -0.4 is 10.6 Å². The van der Waals surface area contributed by atoms with Gasteiger partial charge in [-0.15, -0.1) is 0 Å². The van der Waals surface area contributed by atoms with Crippen LogP contribution in [0.15, 0.2) is 31.2 Å². The number of carbonyl (C=O) groups is 1. The average Bonchev–Trinajstić information content (AvgIpc) is 3.37. The molecule has 1 atom stereocenters. The smallest absolute Gasteiger partial charge is 0.246 e. The van der Waals surface area contributed by atoms with E-state index in [1.165, 1.54) is 6.08 Å². The minimum atomic E-state index is -0.115. The molecular formula is C20H27N9O. The highest BCUT2D eigenvalue weighted by molar-refractivity contribution is 5.88. The molecule has 0 aromatic carbocycles. The third kappa shape index (κ3) is 4.12. The molecule has 158 valence electrons. The van der Waals surface area contributed by atoms with Gasteiger partial charge in [-0.2, -0.15) is 20.2 Å². The summed E-state index contributed by atoms with van der Waals surface area (Å²) in [5.74, 6) is 1.07. The van der Waals surface area contributed by atoms with Gasteiger partial charge in [-0.05, 0) is 39.7 Å². The van der Waals surface area contributed by atoms with Gasteiger partial charge < -0.3 is 15.5 Å². The van der Waals surface area contributed by atoms with Gasteiger partial charge in [0, 0.05) is 25.3 Å². The number of aromatic nitrogens is 6. The van der Waals surface area contributed by atoms with Crippen molar-refractivity contribution < 1.29 is 4.79 Å². The van der Waals surface area contributed by atoms with E-state index in [0.717, 1.165) is 30.5 Å². The van der Waals surface area contributed by atoms with Gasteiger partial charge in [-0.25, -0.2) is 0 Å². The van der Waals surface area contributed by atoms with Crippen molar-refractivity contribution in [3.05, 3.63) is 31.2 Å². The first-order valence-electron chi connectivity index (χ1n) is 10.0. The number of amides is 1. The third-order valence-electron chi connectivity index (χ3n) is 5.08. The van der Waals surface area contributed by atoms with Crippen LogP contribution >= 0.6 is 0 Å². The minimum Gasteiger partial charge on any atom is -0.365 e. The SMILES string of the molecule is C=CC(=O)N1CCCC(Nc2nc(Nc3cnn(C(C)(C)C)c3)nc3[nH]ncc23)C1. The van der Waals surface area contributed by atoms with E-state index >= 15 is 0 Å². The quantitative estimate of drug-likeness (QED) is 0.555. The largest absolute Gasteiger partial charge is 0.365 e. The topological polar surface area (TPSA) is 117 Å². The van der Waals surface area contributed by atoms with Crippen LogP contribution in [0.25, 0.3) is 11.0 Å². The molecule has 30 heavy (non-hydrogen) atoms.